The number of nitrogens with one attached hydrogen (secondary N) is 1. The lowest BCUT2D eigenvalue weighted by Crippen LogP contribution is -2.22. The highest BCUT2D eigenvalue weighted by atomic mass is 16.4. The highest BCUT2D eigenvalue weighted by Crippen LogP contribution is 2.25. The van der Waals surface area contributed by atoms with Crippen molar-refractivity contribution < 1.29 is 19.8 Å². The number of carboxylic acids is 1. The summed E-state index contributed by atoms with van der Waals surface area (Å²) >= 11 is 0. The van der Waals surface area contributed by atoms with Crippen LogP contribution in [0.1, 0.15) is 27.6 Å². The van der Waals surface area contributed by atoms with Gasteiger partial charge in [-0.05, 0) is 43.3 Å². The van der Waals surface area contributed by atoms with Gasteiger partial charge in [0.2, 0.25) is 0 Å². The molecule has 0 bridgehead atoms. The number of benzene rings is 2. The average molecular weight is 313 g/mol. The summed E-state index contributed by atoms with van der Waals surface area (Å²) in [6.45, 7) is 2.35. The molecule has 2 aromatic rings. The molecule has 3 N–H and O–H groups in total. The smallest absolute Gasteiger partial charge is 0.339 e. The molecule has 0 radical (unpaired) electrons. The zero-order valence-corrected chi connectivity index (χ0v) is 12.4. The predicted octanol–water partition coefficient (Wildman–Crippen LogP) is 3.26. The number of carbonyl (C=O) groups is 2. The van der Waals surface area contributed by atoms with Gasteiger partial charge in [0.15, 0.2) is 0 Å². The minimum atomic E-state index is -1.25. The van der Waals surface area contributed by atoms with E-state index in [0.717, 1.165) is 0 Å². The summed E-state index contributed by atoms with van der Waals surface area (Å²) in [6, 6.07) is 10.5. The minimum absolute atomic E-state index is 0.206. The number of azo groups is 1. The Bertz CT molecular complexity index is 772. The summed E-state index contributed by atoms with van der Waals surface area (Å²) < 4.78 is 0. The molecule has 7 heteroatoms. The molecule has 2 rings (SSSR count). The Kier molecular flexibility index (Phi) is 5.03. The van der Waals surface area contributed by atoms with E-state index < -0.39 is 5.97 Å². The number of hydrogen-bond acceptors (Lipinski definition) is 5. The van der Waals surface area contributed by atoms with Crippen LogP contribution in [0.5, 0.6) is 5.75 Å². The summed E-state index contributed by atoms with van der Waals surface area (Å²) in [6.07, 6.45) is 0. The third-order valence-electron chi connectivity index (χ3n) is 2.94. The lowest BCUT2D eigenvalue weighted by atomic mass is 10.2. The lowest BCUT2D eigenvalue weighted by molar-refractivity contribution is 0.0693. The van der Waals surface area contributed by atoms with Crippen molar-refractivity contribution in [3.8, 4) is 5.75 Å². The maximum atomic E-state index is 11.8. The van der Waals surface area contributed by atoms with Crippen LogP contribution in [0.15, 0.2) is 52.7 Å². The van der Waals surface area contributed by atoms with Crippen LogP contribution in [-0.4, -0.2) is 28.6 Å². The Morgan fingerprint density at radius 2 is 1.78 bits per heavy atom. The fourth-order valence-electron chi connectivity index (χ4n) is 1.84. The molecule has 0 spiro atoms. The van der Waals surface area contributed by atoms with Crippen LogP contribution < -0.4 is 5.32 Å². The molecule has 0 aliphatic carbocycles. The van der Waals surface area contributed by atoms with Gasteiger partial charge >= 0.3 is 5.97 Å². The Balaban J connectivity index is 2.24. The molecule has 1 amide bonds. The Hall–Kier alpha value is -3.22. The number of hydrogen-bond donors (Lipinski definition) is 3. The number of phenols is 1. The first-order valence-corrected chi connectivity index (χ1v) is 6.87. The zero-order chi connectivity index (χ0) is 16.8. The van der Waals surface area contributed by atoms with E-state index in [1.165, 1.54) is 18.2 Å². The molecule has 0 saturated heterocycles. The van der Waals surface area contributed by atoms with Crippen LogP contribution in [0.25, 0.3) is 0 Å². The van der Waals surface area contributed by atoms with E-state index in [-0.39, 0.29) is 22.9 Å². The fraction of sp³-hybridized carbons (Fsp3) is 0.125. The molecule has 0 saturated carbocycles. The molecule has 2 aromatic carbocycles. The molecule has 0 aliphatic heterocycles. The van der Waals surface area contributed by atoms with Gasteiger partial charge in [0.25, 0.3) is 5.91 Å². The van der Waals surface area contributed by atoms with Gasteiger partial charge in [-0.3, -0.25) is 4.79 Å². The topological polar surface area (TPSA) is 111 Å². The quantitative estimate of drug-likeness (QED) is 0.735. The van der Waals surface area contributed by atoms with Crippen molar-refractivity contribution in [3.63, 3.8) is 0 Å². The van der Waals surface area contributed by atoms with Gasteiger partial charge in [-0.2, -0.15) is 10.2 Å². The molecule has 0 unspecified atom stereocenters. The number of carboxylic acid groups (broad SMARTS) is 1. The van der Waals surface area contributed by atoms with Gasteiger partial charge in [0, 0.05) is 12.1 Å². The maximum Gasteiger partial charge on any atom is 0.339 e. The van der Waals surface area contributed by atoms with Crippen LogP contribution >= 0.6 is 0 Å². The van der Waals surface area contributed by atoms with Gasteiger partial charge in [0.05, 0.1) is 11.4 Å². The molecule has 23 heavy (non-hydrogen) atoms. The van der Waals surface area contributed by atoms with Crippen molar-refractivity contribution in [2.45, 2.75) is 6.92 Å². The van der Waals surface area contributed by atoms with Crippen molar-refractivity contribution in [1.82, 2.24) is 5.32 Å². The molecular weight excluding hydrogens is 298 g/mol. The average Bonchev–Trinajstić information content (AvgIpc) is 2.54. The molecule has 0 fully saturated rings. The molecule has 118 valence electrons. The Labute approximate surface area is 132 Å². The predicted molar refractivity (Wildman–Crippen MR) is 83.7 cm³/mol. The number of amides is 1. The molecule has 0 heterocycles. The lowest BCUT2D eigenvalue weighted by Gasteiger charge is -2.02. The number of aromatic carboxylic acids is 1. The molecule has 7 nitrogen and oxygen atoms in total. The van der Waals surface area contributed by atoms with Crippen molar-refractivity contribution in [3.05, 3.63) is 53.6 Å². The van der Waals surface area contributed by atoms with Gasteiger partial charge < -0.3 is 15.5 Å². The second-order valence-corrected chi connectivity index (χ2v) is 4.62. The number of carbonyl (C=O) groups excluding carboxylic acids is 1. The van der Waals surface area contributed by atoms with E-state index in [0.29, 0.717) is 17.8 Å². The minimum Gasteiger partial charge on any atom is -0.507 e. The van der Waals surface area contributed by atoms with E-state index in [1.807, 2.05) is 6.92 Å². The Morgan fingerprint density at radius 1 is 1.09 bits per heavy atom. The van der Waals surface area contributed by atoms with Crippen molar-refractivity contribution in [1.29, 1.82) is 0 Å². The molecular formula is C16H15N3O4. The summed E-state index contributed by atoms with van der Waals surface area (Å²) in [5.74, 6) is -1.80. The van der Waals surface area contributed by atoms with Crippen molar-refractivity contribution in [2.24, 2.45) is 10.2 Å². The second kappa shape index (κ2) is 7.17. The normalized spacial score (nSPS) is 10.7. The number of aromatic hydroxyl groups is 1. The third-order valence-corrected chi connectivity index (χ3v) is 2.94. The molecule has 0 atom stereocenters. The van der Waals surface area contributed by atoms with Crippen molar-refractivity contribution >= 4 is 23.3 Å². The SMILES string of the molecule is CCNC(=O)c1cccc(/N=N\c2ccc(O)c(C(=O)O)c2)c1. The first kappa shape index (κ1) is 16.2. The number of nitrogens with zero attached hydrogens (tertiary/aromatic N) is 2. The fourth-order valence-corrected chi connectivity index (χ4v) is 1.84. The molecule has 0 aromatic heterocycles. The Morgan fingerprint density at radius 3 is 2.43 bits per heavy atom. The summed E-state index contributed by atoms with van der Waals surface area (Å²) in [5, 5.41) is 29.0. The van der Waals surface area contributed by atoms with E-state index in [4.69, 9.17) is 5.11 Å². The van der Waals surface area contributed by atoms with Gasteiger partial charge in [-0.1, -0.05) is 6.07 Å². The first-order chi connectivity index (χ1) is 11.0. The molecule has 0 aliphatic rings. The van der Waals surface area contributed by atoms with E-state index in [9.17, 15) is 14.7 Å². The largest absolute Gasteiger partial charge is 0.507 e. The van der Waals surface area contributed by atoms with Crippen LogP contribution in [0.4, 0.5) is 11.4 Å². The summed E-state index contributed by atoms with van der Waals surface area (Å²) in [4.78, 5) is 22.7. The highest BCUT2D eigenvalue weighted by Gasteiger charge is 2.10. The highest BCUT2D eigenvalue weighted by molar-refractivity contribution is 5.95. The van der Waals surface area contributed by atoms with Gasteiger partial charge in [-0.15, -0.1) is 0 Å². The standard InChI is InChI=1S/C16H15N3O4/c1-2-17-15(21)10-4-3-5-11(8-10)18-19-12-6-7-14(20)13(9-12)16(22)23/h3-9,20H,2H2,1H3,(H,17,21)(H,22,23)/b19-18-. The van der Waals surface area contributed by atoms with E-state index >= 15 is 0 Å². The van der Waals surface area contributed by atoms with Crippen LogP contribution in [0, 0.1) is 0 Å². The van der Waals surface area contributed by atoms with E-state index in [1.54, 1.807) is 24.3 Å². The van der Waals surface area contributed by atoms with Crippen LogP contribution in [0.2, 0.25) is 0 Å². The monoisotopic (exact) mass is 313 g/mol. The van der Waals surface area contributed by atoms with Gasteiger partial charge in [0.1, 0.15) is 11.3 Å². The third kappa shape index (κ3) is 4.13. The van der Waals surface area contributed by atoms with E-state index in [2.05, 4.69) is 15.5 Å². The summed E-state index contributed by atoms with van der Waals surface area (Å²) in [7, 11) is 0. The maximum absolute atomic E-state index is 11.8. The number of rotatable bonds is 5. The van der Waals surface area contributed by atoms with Crippen LogP contribution in [0.3, 0.4) is 0 Å². The summed E-state index contributed by atoms with van der Waals surface area (Å²) in [5.41, 5.74) is 0.945. The first-order valence-electron chi connectivity index (χ1n) is 6.87. The van der Waals surface area contributed by atoms with Gasteiger partial charge in [-0.25, -0.2) is 4.79 Å². The second-order valence-electron chi connectivity index (χ2n) is 4.62. The zero-order valence-electron chi connectivity index (χ0n) is 12.4. The van der Waals surface area contributed by atoms with Crippen LogP contribution in [-0.2, 0) is 0 Å². The van der Waals surface area contributed by atoms with Crippen molar-refractivity contribution in [2.75, 3.05) is 6.54 Å².